The van der Waals surface area contributed by atoms with Crippen molar-refractivity contribution < 1.29 is 13.5 Å². The van der Waals surface area contributed by atoms with Crippen LogP contribution in [0.15, 0.2) is 34.8 Å². The van der Waals surface area contributed by atoms with E-state index in [0.717, 1.165) is 31.3 Å². The molecule has 1 atom stereocenters. The first-order valence-electron chi connectivity index (χ1n) is 14.5. The Morgan fingerprint density at radius 2 is 1.80 bits per heavy atom. The molecule has 0 radical (unpaired) electrons. The average Bonchev–Trinajstić information content (AvgIpc) is 3.66. The zero-order chi connectivity index (χ0) is 30.7. The van der Waals surface area contributed by atoms with E-state index in [-0.39, 0.29) is 40.4 Å². The number of hydrogen-bond donors (Lipinski definition) is 1. The minimum atomic E-state index is -0.700. The lowest BCUT2D eigenvalue weighted by Crippen LogP contribution is -2.21. The molecule has 1 fully saturated rings. The highest BCUT2D eigenvalue weighted by Gasteiger charge is 2.30. The summed E-state index contributed by atoms with van der Waals surface area (Å²) in [6, 6.07) is 4.69. The number of unbranched alkanes of at least 4 members (excludes halogenated alkanes) is 1. The van der Waals surface area contributed by atoms with Gasteiger partial charge in [-0.2, -0.15) is 5.26 Å². The lowest BCUT2D eigenvalue weighted by molar-refractivity contribution is 0.135. The highest BCUT2D eigenvalue weighted by molar-refractivity contribution is 8.03. The molecule has 0 spiro atoms. The predicted octanol–water partition coefficient (Wildman–Crippen LogP) is 8.70. The monoisotopic (exact) mass is 583 g/mol. The number of nitrogens with two attached hydrogens (primary N) is 1. The van der Waals surface area contributed by atoms with Crippen LogP contribution in [0.5, 0.6) is 0 Å². The van der Waals surface area contributed by atoms with Crippen molar-refractivity contribution >= 4 is 28.6 Å². The molecule has 2 N–H and O–H groups in total. The summed E-state index contributed by atoms with van der Waals surface area (Å²) in [5.74, 6) is -0.439. The van der Waals surface area contributed by atoms with Gasteiger partial charge in [0.25, 0.3) is 0 Å². The predicted molar refractivity (Wildman–Crippen MR) is 167 cm³/mol. The van der Waals surface area contributed by atoms with E-state index in [0.29, 0.717) is 33.3 Å². The van der Waals surface area contributed by atoms with Crippen molar-refractivity contribution in [3.05, 3.63) is 58.3 Å². The first-order chi connectivity index (χ1) is 19.8. The molecule has 0 aliphatic carbocycles. The summed E-state index contributed by atoms with van der Waals surface area (Å²) in [6.07, 6.45) is 5.27. The molecule has 2 aliphatic heterocycles. The Hall–Kier alpha value is -3.22. The molecule has 1 aromatic heterocycles. The van der Waals surface area contributed by atoms with Crippen molar-refractivity contribution in [2.24, 2.45) is 11.7 Å². The minimum Gasteiger partial charge on any atom is -0.394 e. The summed E-state index contributed by atoms with van der Waals surface area (Å²) in [4.78, 5) is 11.5. The molecule has 2 aliphatic rings. The number of nitriles is 1. The topological polar surface area (TPSA) is 88.1 Å². The zero-order valence-corrected chi connectivity index (χ0v) is 26.2. The van der Waals surface area contributed by atoms with Crippen LogP contribution in [0, 0.1) is 28.9 Å². The molecule has 0 bridgehead atoms. The summed E-state index contributed by atoms with van der Waals surface area (Å²) in [7, 11) is 0. The van der Waals surface area contributed by atoms with Gasteiger partial charge in [0.1, 0.15) is 17.4 Å². The van der Waals surface area contributed by atoms with E-state index in [4.69, 9.17) is 10.5 Å². The molecule has 1 unspecified atom stereocenters. The van der Waals surface area contributed by atoms with Crippen molar-refractivity contribution in [2.45, 2.75) is 85.8 Å². The molecule has 0 saturated carbocycles. The van der Waals surface area contributed by atoms with Crippen LogP contribution in [0.2, 0.25) is 0 Å². The number of hydrogen-bond acceptors (Lipinski definition) is 7. The van der Waals surface area contributed by atoms with Crippen LogP contribution in [0.25, 0.3) is 22.0 Å². The maximum atomic E-state index is 16.2. The molecule has 41 heavy (non-hydrogen) atoms. The molecular weight excluding hydrogens is 540 g/mol. The maximum absolute atomic E-state index is 16.2. The molecule has 6 nitrogen and oxygen atoms in total. The number of fused-ring (bicyclic) bond motifs is 3. The van der Waals surface area contributed by atoms with Crippen molar-refractivity contribution in [3.63, 3.8) is 0 Å². The zero-order valence-electron chi connectivity index (χ0n) is 25.4. The third-order valence-electron chi connectivity index (χ3n) is 6.61. The van der Waals surface area contributed by atoms with Gasteiger partial charge in [-0.3, -0.25) is 0 Å². The lowest BCUT2D eigenvalue weighted by Gasteiger charge is -2.19. The highest BCUT2D eigenvalue weighted by Crippen LogP contribution is 2.43. The summed E-state index contributed by atoms with van der Waals surface area (Å²) in [5.41, 5.74) is 6.93. The smallest absolute Gasteiger partial charge is 0.225 e. The van der Waals surface area contributed by atoms with Crippen LogP contribution in [-0.2, 0) is 18.0 Å². The molecule has 2 aromatic carbocycles. The second-order valence-electron chi connectivity index (χ2n) is 9.39. The number of benzene rings is 2. The van der Waals surface area contributed by atoms with Gasteiger partial charge in [0, 0.05) is 40.7 Å². The first-order valence-corrected chi connectivity index (χ1v) is 15.3. The van der Waals surface area contributed by atoms with Gasteiger partial charge >= 0.3 is 0 Å². The van der Waals surface area contributed by atoms with Crippen molar-refractivity contribution in [1.29, 1.82) is 5.26 Å². The van der Waals surface area contributed by atoms with Crippen LogP contribution in [0.4, 0.5) is 14.7 Å². The van der Waals surface area contributed by atoms with Crippen molar-refractivity contribution in [2.75, 3.05) is 18.0 Å². The van der Waals surface area contributed by atoms with E-state index in [9.17, 15) is 5.26 Å². The molecule has 3 aromatic rings. The fourth-order valence-corrected chi connectivity index (χ4v) is 5.24. The Kier molecular flexibility index (Phi) is 13.5. The van der Waals surface area contributed by atoms with Gasteiger partial charge in [-0.05, 0) is 35.6 Å². The Morgan fingerprint density at radius 3 is 2.37 bits per heavy atom. The van der Waals surface area contributed by atoms with Crippen molar-refractivity contribution in [1.82, 2.24) is 9.97 Å². The standard InChI is InChI=1S/C24H21F2N5OS.C4H10.2C2H6/c1-12-5-6-31(9-12)24-29-8-15-16-10-32-11-17(16)21(22(26)23(15)30-24)20-14(7-27)19(33-13(2)28)4-3-18(20)25;1-3-4-2;2*1-2/h3-4,8,12H,2,5-6,9-11,28H2,1H3;3-4H2,1-2H3;2*1-2H3. The maximum Gasteiger partial charge on any atom is 0.225 e. The fourth-order valence-electron chi connectivity index (χ4n) is 4.57. The Morgan fingerprint density at radius 1 is 1.15 bits per heavy atom. The van der Waals surface area contributed by atoms with Gasteiger partial charge in [0.15, 0.2) is 5.82 Å². The van der Waals surface area contributed by atoms with Gasteiger partial charge in [-0.1, -0.05) is 79.6 Å². The number of nitrogens with zero attached hydrogens (tertiary/aromatic N) is 4. The highest BCUT2D eigenvalue weighted by atomic mass is 32.2. The van der Waals surface area contributed by atoms with E-state index in [1.54, 1.807) is 6.20 Å². The Labute approximate surface area is 248 Å². The van der Waals surface area contributed by atoms with Crippen molar-refractivity contribution in [3.8, 4) is 17.2 Å². The molecular formula is C32H43F2N5OS. The van der Waals surface area contributed by atoms with E-state index < -0.39 is 11.6 Å². The number of thioether (sulfide) groups is 1. The van der Waals surface area contributed by atoms with Crippen LogP contribution >= 0.6 is 11.8 Å². The number of ether oxygens (including phenoxy) is 1. The van der Waals surface area contributed by atoms with Crippen LogP contribution in [-0.4, -0.2) is 23.1 Å². The molecule has 222 valence electrons. The largest absolute Gasteiger partial charge is 0.394 e. The summed E-state index contributed by atoms with van der Waals surface area (Å²) in [5, 5.41) is 10.7. The van der Waals surface area contributed by atoms with Gasteiger partial charge in [-0.15, -0.1) is 0 Å². The molecule has 0 amide bonds. The van der Waals surface area contributed by atoms with Gasteiger partial charge in [0.05, 0.1) is 23.8 Å². The number of rotatable bonds is 5. The van der Waals surface area contributed by atoms with Crippen LogP contribution < -0.4 is 10.6 Å². The fraction of sp³-hybridized carbons (Fsp3) is 0.469. The molecule has 9 heteroatoms. The van der Waals surface area contributed by atoms with Gasteiger partial charge in [0.2, 0.25) is 5.95 Å². The Balaban J connectivity index is 0.000000666. The second-order valence-corrected chi connectivity index (χ2v) is 10.6. The third-order valence-corrected chi connectivity index (χ3v) is 7.44. The van der Waals surface area contributed by atoms with Gasteiger partial charge in [-0.25, -0.2) is 18.7 Å². The second kappa shape index (κ2) is 16.3. The van der Waals surface area contributed by atoms with E-state index in [1.807, 2.05) is 38.7 Å². The Bertz CT molecular complexity index is 1390. The van der Waals surface area contributed by atoms with Crippen LogP contribution in [0.1, 0.15) is 84.4 Å². The summed E-state index contributed by atoms with van der Waals surface area (Å²) in [6.45, 7) is 20.1. The SMILES string of the molecule is C=C(N)Sc1ccc(F)c(-c2c3c(c4cnc(N5CCC(C)C5)nc4c2F)COC3)c1C#N.CC.CC.CCCC. The van der Waals surface area contributed by atoms with E-state index >= 15 is 8.78 Å². The van der Waals surface area contributed by atoms with E-state index in [2.05, 4.69) is 37.3 Å². The lowest BCUT2D eigenvalue weighted by atomic mass is 9.90. The molecule has 3 heterocycles. The van der Waals surface area contributed by atoms with Crippen LogP contribution in [0.3, 0.4) is 0 Å². The average molecular weight is 584 g/mol. The molecule has 1 saturated heterocycles. The molecule has 5 rings (SSSR count). The quantitative estimate of drug-likeness (QED) is 0.301. The number of aromatic nitrogens is 2. The summed E-state index contributed by atoms with van der Waals surface area (Å²) >= 11 is 1.04. The summed E-state index contributed by atoms with van der Waals surface area (Å²) < 4.78 is 37.0. The third kappa shape index (κ3) is 7.55. The van der Waals surface area contributed by atoms with Gasteiger partial charge < -0.3 is 15.4 Å². The first kappa shape index (κ1) is 34.0. The van der Waals surface area contributed by atoms with E-state index in [1.165, 1.54) is 25.0 Å². The number of anilines is 1. The minimum absolute atomic E-state index is 0.00148. The normalized spacial score (nSPS) is 15.0. The number of halogens is 2.